The van der Waals surface area contributed by atoms with Gasteiger partial charge in [-0.25, -0.2) is 0 Å². The van der Waals surface area contributed by atoms with E-state index in [2.05, 4.69) is 0 Å². The van der Waals surface area contributed by atoms with Crippen LogP contribution in [0.5, 0.6) is 0 Å². The summed E-state index contributed by atoms with van der Waals surface area (Å²) in [5.41, 5.74) is 5.34. The van der Waals surface area contributed by atoms with E-state index < -0.39 is 0 Å². The van der Waals surface area contributed by atoms with Crippen LogP contribution in [-0.4, -0.2) is 43.0 Å². The lowest BCUT2D eigenvalue weighted by Gasteiger charge is -2.31. The number of piperidine rings is 1. The molecule has 5 heteroatoms. The highest BCUT2D eigenvalue weighted by Gasteiger charge is 2.28. The van der Waals surface area contributed by atoms with Crippen LogP contribution in [0.1, 0.15) is 26.2 Å². The molecule has 0 unspecified atom stereocenters. The molecule has 1 rings (SSSR count). The van der Waals surface area contributed by atoms with E-state index in [0.29, 0.717) is 26.1 Å². The number of amides is 1. The molecule has 0 aromatic carbocycles. The quantitative estimate of drug-likeness (QED) is 0.694. The number of rotatable bonds is 4. The summed E-state index contributed by atoms with van der Waals surface area (Å²) in [7, 11) is 0. The Bertz CT molecular complexity index is 232. The molecule has 2 N–H and O–H groups in total. The molecular weight excluding hydrogens is 208 g/mol. The first-order valence-corrected chi connectivity index (χ1v) is 5.83. The first-order valence-electron chi connectivity index (χ1n) is 5.83. The second-order valence-electron chi connectivity index (χ2n) is 3.97. The van der Waals surface area contributed by atoms with Gasteiger partial charge in [0.15, 0.2) is 0 Å². The van der Waals surface area contributed by atoms with E-state index >= 15 is 0 Å². The topological polar surface area (TPSA) is 72.6 Å². The molecule has 0 aromatic heterocycles. The van der Waals surface area contributed by atoms with Crippen molar-refractivity contribution in [1.82, 2.24) is 4.90 Å². The van der Waals surface area contributed by atoms with Gasteiger partial charge < -0.3 is 15.4 Å². The molecular formula is C11H20N2O3. The summed E-state index contributed by atoms with van der Waals surface area (Å²) in [6.45, 7) is 3.76. The zero-order valence-electron chi connectivity index (χ0n) is 9.78. The summed E-state index contributed by atoms with van der Waals surface area (Å²) in [5.74, 6) is -0.306. The van der Waals surface area contributed by atoms with Crippen molar-refractivity contribution in [3.63, 3.8) is 0 Å². The van der Waals surface area contributed by atoms with Crippen LogP contribution < -0.4 is 5.73 Å². The molecule has 16 heavy (non-hydrogen) atoms. The van der Waals surface area contributed by atoms with Gasteiger partial charge in [-0.2, -0.15) is 0 Å². The van der Waals surface area contributed by atoms with Gasteiger partial charge in [0.2, 0.25) is 5.91 Å². The standard InChI is InChI=1S/C11H20N2O3/c1-2-16-11(15)9-4-3-7-13(8-9)10(14)5-6-12/h9H,2-8,12H2,1H3/t9-/m1/s1. The SMILES string of the molecule is CCOC(=O)[C@@H]1CCCN(C(=O)CCN)C1. The maximum Gasteiger partial charge on any atom is 0.310 e. The zero-order valence-corrected chi connectivity index (χ0v) is 9.78. The molecule has 1 fully saturated rings. The number of carbonyl (C=O) groups is 2. The minimum Gasteiger partial charge on any atom is -0.466 e. The maximum atomic E-state index is 11.6. The zero-order chi connectivity index (χ0) is 12.0. The van der Waals surface area contributed by atoms with Crippen LogP contribution in [0.2, 0.25) is 0 Å². The molecule has 1 atom stereocenters. The van der Waals surface area contributed by atoms with Crippen LogP contribution in [0.4, 0.5) is 0 Å². The predicted octanol–water partition coefficient (Wildman–Crippen LogP) is 0.137. The minimum atomic E-state index is -0.187. The van der Waals surface area contributed by atoms with Gasteiger partial charge in [0.25, 0.3) is 0 Å². The number of likely N-dealkylation sites (tertiary alicyclic amines) is 1. The Hall–Kier alpha value is -1.10. The first kappa shape index (κ1) is 13.0. The highest BCUT2D eigenvalue weighted by atomic mass is 16.5. The van der Waals surface area contributed by atoms with Gasteiger partial charge in [-0.15, -0.1) is 0 Å². The Kier molecular flexibility index (Phi) is 5.25. The second-order valence-corrected chi connectivity index (χ2v) is 3.97. The van der Waals surface area contributed by atoms with Gasteiger partial charge >= 0.3 is 5.97 Å². The molecule has 1 saturated heterocycles. The first-order chi connectivity index (χ1) is 7.69. The Morgan fingerprint density at radius 2 is 2.25 bits per heavy atom. The monoisotopic (exact) mass is 228 g/mol. The third-order valence-electron chi connectivity index (χ3n) is 2.75. The van der Waals surface area contributed by atoms with Crippen LogP contribution in [0.15, 0.2) is 0 Å². The predicted molar refractivity (Wildman–Crippen MR) is 59.6 cm³/mol. The van der Waals surface area contributed by atoms with E-state index in [9.17, 15) is 9.59 Å². The van der Waals surface area contributed by atoms with Crippen molar-refractivity contribution in [2.45, 2.75) is 26.2 Å². The van der Waals surface area contributed by atoms with Gasteiger partial charge in [-0.1, -0.05) is 0 Å². The van der Waals surface area contributed by atoms with Gasteiger partial charge in [-0.05, 0) is 19.8 Å². The van der Waals surface area contributed by atoms with E-state index in [0.717, 1.165) is 19.4 Å². The van der Waals surface area contributed by atoms with Gasteiger partial charge in [0, 0.05) is 26.1 Å². The molecule has 1 aliphatic heterocycles. The summed E-state index contributed by atoms with van der Waals surface area (Å²) in [6, 6.07) is 0. The molecule has 0 aliphatic carbocycles. The number of hydrogen-bond acceptors (Lipinski definition) is 4. The maximum absolute atomic E-state index is 11.6. The lowest BCUT2D eigenvalue weighted by molar-refractivity contribution is -0.151. The van der Waals surface area contributed by atoms with E-state index in [4.69, 9.17) is 10.5 Å². The van der Waals surface area contributed by atoms with E-state index in [1.54, 1.807) is 11.8 Å². The molecule has 0 bridgehead atoms. The van der Waals surface area contributed by atoms with Crippen LogP contribution in [0, 0.1) is 5.92 Å². The summed E-state index contributed by atoms with van der Waals surface area (Å²) in [6.07, 6.45) is 2.03. The van der Waals surface area contributed by atoms with E-state index in [1.807, 2.05) is 0 Å². The van der Waals surface area contributed by atoms with Crippen molar-refractivity contribution in [2.75, 3.05) is 26.2 Å². The second kappa shape index (κ2) is 6.48. The van der Waals surface area contributed by atoms with Gasteiger partial charge in [0.1, 0.15) is 0 Å². The number of carbonyl (C=O) groups excluding carboxylic acids is 2. The highest BCUT2D eigenvalue weighted by Crippen LogP contribution is 2.18. The van der Waals surface area contributed by atoms with Crippen LogP contribution in [-0.2, 0) is 14.3 Å². The molecule has 0 spiro atoms. The Labute approximate surface area is 95.9 Å². The van der Waals surface area contributed by atoms with Crippen molar-refractivity contribution < 1.29 is 14.3 Å². The van der Waals surface area contributed by atoms with Crippen LogP contribution in [0.25, 0.3) is 0 Å². The molecule has 1 aliphatic rings. The van der Waals surface area contributed by atoms with Crippen molar-refractivity contribution in [1.29, 1.82) is 0 Å². The van der Waals surface area contributed by atoms with Crippen molar-refractivity contribution in [2.24, 2.45) is 11.7 Å². The van der Waals surface area contributed by atoms with Crippen molar-refractivity contribution in [3.8, 4) is 0 Å². The third-order valence-corrected chi connectivity index (χ3v) is 2.75. The molecule has 0 radical (unpaired) electrons. The molecule has 1 heterocycles. The van der Waals surface area contributed by atoms with Crippen molar-refractivity contribution in [3.05, 3.63) is 0 Å². The lowest BCUT2D eigenvalue weighted by Crippen LogP contribution is -2.43. The number of nitrogens with two attached hydrogens (primary N) is 1. The van der Waals surface area contributed by atoms with Gasteiger partial charge in [0.05, 0.1) is 12.5 Å². The third kappa shape index (κ3) is 3.48. The minimum absolute atomic E-state index is 0.0384. The molecule has 1 amide bonds. The average molecular weight is 228 g/mol. The number of ether oxygens (including phenoxy) is 1. The Morgan fingerprint density at radius 3 is 2.88 bits per heavy atom. The molecule has 92 valence electrons. The van der Waals surface area contributed by atoms with Crippen LogP contribution >= 0.6 is 0 Å². The van der Waals surface area contributed by atoms with Gasteiger partial charge in [-0.3, -0.25) is 9.59 Å². The highest BCUT2D eigenvalue weighted by molar-refractivity contribution is 5.78. The number of hydrogen-bond donors (Lipinski definition) is 1. The fourth-order valence-electron chi connectivity index (χ4n) is 1.94. The Morgan fingerprint density at radius 1 is 1.50 bits per heavy atom. The molecule has 0 aromatic rings. The summed E-state index contributed by atoms with van der Waals surface area (Å²) in [4.78, 5) is 24.9. The lowest BCUT2D eigenvalue weighted by atomic mass is 9.98. The van der Waals surface area contributed by atoms with Crippen molar-refractivity contribution >= 4 is 11.9 Å². The molecule has 0 saturated carbocycles. The largest absolute Gasteiger partial charge is 0.466 e. The number of esters is 1. The van der Waals surface area contributed by atoms with E-state index in [-0.39, 0.29) is 17.8 Å². The van der Waals surface area contributed by atoms with Crippen LogP contribution in [0.3, 0.4) is 0 Å². The molecule has 5 nitrogen and oxygen atoms in total. The summed E-state index contributed by atoms with van der Waals surface area (Å²) >= 11 is 0. The normalized spacial score (nSPS) is 20.6. The smallest absolute Gasteiger partial charge is 0.310 e. The summed E-state index contributed by atoms with van der Waals surface area (Å²) < 4.78 is 4.97. The number of nitrogens with zero attached hydrogens (tertiary/aromatic N) is 1. The fourth-order valence-corrected chi connectivity index (χ4v) is 1.94. The van der Waals surface area contributed by atoms with E-state index in [1.165, 1.54) is 0 Å². The summed E-state index contributed by atoms with van der Waals surface area (Å²) in [5, 5.41) is 0. The fraction of sp³-hybridized carbons (Fsp3) is 0.818. The Balaban J connectivity index is 2.46. The average Bonchev–Trinajstić information content (AvgIpc) is 2.30.